The van der Waals surface area contributed by atoms with Crippen molar-refractivity contribution in [3.63, 3.8) is 0 Å². The van der Waals surface area contributed by atoms with E-state index in [9.17, 15) is 19.2 Å². The Morgan fingerprint density at radius 3 is 1.73 bits per heavy atom. The summed E-state index contributed by atoms with van der Waals surface area (Å²) in [6, 6.07) is -1.84. The molecule has 0 radical (unpaired) electrons. The Hall–Kier alpha value is -1.66. The van der Waals surface area contributed by atoms with E-state index in [-0.39, 0.29) is 11.5 Å². The second kappa shape index (κ2) is 11.7. The molecule has 0 aliphatic heterocycles. The molecule has 30 heavy (non-hydrogen) atoms. The SMILES string of the molecule is CN(C(=O)OC(C)(C)C)C(=O)[C@@H](N)CSSCC(C(N)=O)N(C)C(=O)OC(C)(C)C. The van der Waals surface area contributed by atoms with Gasteiger partial charge in [0.1, 0.15) is 17.2 Å². The van der Waals surface area contributed by atoms with Crippen LogP contribution in [0, 0.1) is 0 Å². The molecule has 0 fully saturated rings. The number of rotatable bonds is 8. The normalized spacial score (nSPS) is 13.8. The fourth-order valence-electron chi connectivity index (χ4n) is 1.82. The Kier molecular flexibility index (Phi) is 11.0. The first-order valence-corrected chi connectivity index (χ1v) is 11.7. The van der Waals surface area contributed by atoms with Gasteiger partial charge in [-0.3, -0.25) is 14.5 Å². The highest BCUT2D eigenvalue weighted by molar-refractivity contribution is 8.76. The smallest absolute Gasteiger partial charge is 0.416 e. The summed E-state index contributed by atoms with van der Waals surface area (Å²) in [5.74, 6) is -0.909. The number of likely N-dealkylation sites (N-methyl/N-ethyl adjacent to an activating group) is 2. The van der Waals surface area contributed by atoms with Gasteiger partial charge in [-0.05, 0) is 41.5 Å². The zero-order valence-electron chi connectivity index (χ0n) is 18.9. The van der Waals surface area contributed by atoms with Gasteiger partial charge in [0.15, 0.2) is 0 Å². The van der Waals surface area contributed by atoms with Crippen molar-refractivity contribution in [2.24, 2.45) is 11.5 Å². The first-order valence-electron chi connectivity index (χ1n) is 9.22. The summed E-state index contributed by atoms with van der Waals surface area (Å²) in [6.07, 6.45) is -1.45. The molecule has 0 aliphatic rings. The highest BCUT2D eigenvalue weighted by atomic mass is 33.1. The van der Waals surface area contributed by atoms with Gasteiger partial charge < -0.3 is 20.9 Å². The second-order valence-corrected chi connectivity index (χ2v) is 11.1. The van der Waals surface area contributed by atoms with Crippen LogP contribution in [-0.4, -0.2) is 82.7 Å². The second-order valence-electron chi connectivity index (χ2n) is 8.56. The third kappa shape index (κ3) is 10.9. The van der Waals surface area contributed by atoms with E-state index >= 15 is 0 Å². The van der Waals surface area contributed by atoms with E-state index in [1.165, 1.54) is 35.7 Å². The number of ether oxygens (including phenoxy) is 2. The molecule has 0 heterocycles. The molecule has 0 aliphatic carbocycles. The molecule has 0 bridgehead atoms. The first-order chi connectivity index (χ1) is 13.5. The summed E-state index contributed by atoms with van der Waals surface area (Å²) >= 11 is 0. The molecular formula is C18H34N4O6S2. The summed E-state index contributed by atoms with van der Waals surface area (Å²) in [5.41, 5.74) is 9.83. The highest BCUT2D eigenvalue weighted by Gasteiger charge is 2.30. The summed E-state index contributed by atoms with van der Waals surface area (Å²) in [7, 11) is 5.18. The molecule has 0 saturated heterocycles. The molecule has 4 amide bonds. The van der Waals surface area contributed by atoms with Crippen molar-refractivity contribution in [1.82, 2.24) is 9.80 Å². The molecule has 0 rings (SSSR count). The van der Waals surface area contributed by atoms with Gasteiger partial charge in [-0.2, -0.15) is 0 Å². The van der Waals surface area contributed by atoms with E-state index in [4.69, 9.17) is 20.9 Å². The molecule has 0 aromatic rings. The van der Waals surface area contributed by atoms with E-state index < -0.39 is 47.3 Å². The van der Waals surface area contributed by atoms with Gasteiger partial charge in [-0.1, -0.05) is 21.6 Å². The minimum Gasteiger partial charge on any atom is -0.444 e. The van der Waals surface area contributed by atoms with E-state index in [2.05, 4.69) is 0 Å². The van der Waals surface area contributed by atoms with Crippen molar-refractivity contribution in [1.29, 1.82) is 0 Å². The van der Waals surface area contributed by atoms with Crippen LogP contribution in [0.1, 0.15) is 41.5 Å². The van der Waals surface area contributed by atoms with Crippen LogP contribution in [0.4, 0.5) is 9.59 Å². The van der Waals surface area contributed by atoms with Gasteiger partial charge in [-0.25, -0.2) is 14.5 Å². The van der Waals surface area contributed by atoms with Crippen molar-refractivity contribution in [3.05, 3.63) is 0 Å². The summed E-state index contributed by atoms with van der Waals surface area (Å²) in [6.45, 7) is 10.2. The average Bonchev–Trinajstić information content (AvgIpc) is 2.56. The number of nitrogens with zero attached hydrogens (tertiary/aromatic N) is 2. The molecule has 0 saturated carbocycles. The lowest BCUT2D eigenvalue weighted by atomic mass is 10.2. The molecule has 10 nitrogen and oxygen atoms in total. The summed E-state index contributed by atoms with van der Waals surface area (Å²) < 4.78 is 10.4. The minimum atomic E-state index is -0.948. The molecule has 174 valence electrons. The first kappa shape index (κ1) is 28.3. The van der Waals surface area contributed by atoms with Gasteiger partial charge in [0.05, 0.1) is 6.04 Å². The molecule has 0 aromatic carbocycles. The number of imide groups is 1. The van der Waals surface area contributed by atoms with Crippen LogP contribution in [0.5, 0.6) is 0 Å². The molecule has 2 atom stereocenters. The standard InChI is InChI=1S/C18H34N4O6S2/c1-17(2,3)27-15(25)21(7)12(13(20)23)10-30-29-9-11(19)14(24)22(8)16(26)28-18(4,5)6/h11-12H,9-10,19H2,1-8H3,(H2,20,23)/t11-,12?/m0/s1. The monoisotopic (exact) mass is 466 g/mol. The maximum atomic E-state index is 12.3. The van der Waals surface area contributed by atoms with Gasteiger partial charge in [0.25, 0.3) is 0 Å². The van der Waals surface area contributed by atoms with Crippen LogP contribution in [0.25, 0.3) is 0 Å². The van der Waals surface area contributed by atoms with Crippen LogP contribution >= 0.6 is 21.6 Å². The number of hydrogen-bond donors (Lipinski definition) is 2. The third-order valence-corrected chi connectivity index (χ3v) is 5.78. The number of hydrogen-bond acceptors (Lipinski definition) is 9. The molecule has 0 aromatic heterocycles. The topological polar surface area (TPSA) is 145 Å². The van der Waals surface area contributed by atoms with Gasteiger partial charge in [-0.15, -0.1) is 0 Å². The van der Waals surface area contributed by atoms with Crippen molar-refractivity contribution in [2.75, 3.05) is 25.6 Å². The predicted molar refractivity (Wildman–Crippen MR) is 119 cm³/mol. The van der Waals surface area contributed by atoms with Crippen LogP contribution in [0.3, 0.4) is 0 Å². The molecule has 12 heteroatoms. The number of carbonyl (C=O) groups excluding carboxylic acids is 4. The molecule has 1 unspecified atom stereocenters. The van der Waals surface area contributed by atoms with Crippen LogP contribution < -0.4 is 11.5 Å². The largest absolute Gasteiger partial charge is 0.444 e. The van der Waals surface area contributed by atoms with E-state index in [0.717, 1.165) is 9.80 Å². The van der Waals surface area contributed by atoms with Crippen molar-refractivity contribution in [2.45, 2.75) is 64.8 Å². The third-order valence-electron chi connectivity index (χ3n) is 3.35. The number of nitrogens with two attached hydrogens (primary N) is 2. The Labute approximate surface area is 186 Å². The highest BCUT2D eigenvalue weighted by Crippen LogP contribution is 2.25. The number of primary amides is 1. The zero-order valence-corrected chi connectivity index (χ0v) is 20.5. The Balaban J connectivity index is 4.64. The van der Waals surface area contributed by atoms with Crippen molar-refractivity contribution < 1.29 is 28.7 Å². The number of amides is 4. The van der Waals surface area contributed by atoms with Gasteiger partial charge in [0.2, 0.25) is 11.8 Å². The fraction of sp³-hybridized carbons (Fsp3) is 0.778. The lowest BCUT2D eigenvalue weighted by Gasteiger charge is -2.28. The summed E-state index contributed by atoms with van der Waals surface area (Å²) in [5, 5.41) is 0. The van der Waals surface area contributed by atoms with E-state index in [1.807, 2.05) is 0 Å². The average molecular weight is 467 g/mol. The fourth-order valence-corrected chi connectivity index (χ4v) is 4.22. The van der Waals surface area contributed by atoms with Gasteiger partial charge in [0, 0.05) is 25.6 Å². The quantitative estimate of drug-likeness (QED) is 0.404. The lowest BCUT2D eigenvalue weighted by Crippen LogP contribution is -2.49. The van der Waals surface area contributed by atoms with E-state index in [0.29, 0.717) is 0 Å². The number of carbonyl (C=O) groups is 4. The zero-order chi connectivity index (χ0) is 23.9. The van der Waals surface area contributed by atoms with Crippen LogP contribution in [0.2, 0.25) is 0 Å². The maximum Gasteiger partial charge on any atom is 0.416 e. The molecule has 4 N–H and O–H groups in total. The van der Waals surface area contributed by atoms with Crippen molar-refractivity contribution >= 4 is 45.6 Å². The Bertz CT molecular complexity index is 633. The molecule has 0 spiro atoms. The van der Waals surface area contributed by atoms with Crippen molar-refractivity contribution in [3.8, 4) is 0 Å². The van der Waals surface area contributed by atoms with Crippen LogP contribution in [-0.2, 0) is 19.1 Å². The lowest BCUT2D eigenvalue weighted by molar-refractivity contribution is -0.130. The van der Waals surface area contributed by atoms with E-state index in [1.54, 1.807) is 41.5 Å². The maximum absolute atomic E-state index is 12.3. The minimum absolute atomic E-state index is 0.179. The Morgan fingerprint density at radius 2 is 1.30 bits per heavy atom. The summed E-state index contributed by atoms with van der Waals surface area (Å²) in [4.78, 5) is 50.1. The Morgan fingerprint density at radius 1 is 0.867 bits per heavy atom. The molecular weight excluding hydrogens is 432 g/mol. The van der Waals surface area contributed by atoms with Gasteiger partial charge >= 0.3 is 12.2 Å². The van der Waals surface area contributed by atoms with Crippen LogP contribution in [0.15, 0.2) is 0 Å². The predicted octanol–water partition coefficient (Wildman–Crippen LogP) is 1.81.